The highest BCUT2D eigenvalue weighted by Crippen LogP contribution is 2.24. The number of anilines is 1. The summed E-state index contributed by atoms with van der Waals surface area (Å²) in [6.07, 6.45) is 8.79. The molecule has 0 bridgehead atoms. The fourth-order valence-corrected chi connectivity index (χ4v) is 2.64. The van der Waals surface area contributed by atoms with E-state index >= 15 is 0 Å². The second-order valence-corrected chi connectivity index (χ2v) is 5.17. The number of nitrogens with one attached hydrogen (secondary N) is 1. The van der Waals surface area contributed by atoms with Crippen LogP contribution in [0.2, 0.25) is 0 Å². The minimum Gasteiger partial charge on any atom is -0.310 e. The van der Waals surface area contributed by atoms with Crippen LogP contribution in [0.25, 0.3) is 0 Å². The van der Waals surface area contributed by atoms with Crippen molar-refractivity contribution in [2.24, 2.45) is 5.92 Å². The van der Waals surface area contributed by atoms with Crippen LogP contribution in [-0.4, -0.2) is 15.7 Å². The lowest BCUT2D eigenvalue weighted by molar-refractivity contribution is -0.120. The molecule has 0 radical (unpaired) electrons. The number of carbonyl (C=O) groups excluding carboxylic acids is 1. The average Bonchev–Trinajstić information content (AvgIpc) is 2.61. The summed E-state index contributed by atoms with van der Waals surface area (Å²) >= 11 is 0. The molecular formula is C14H23N3O. The highest BCUT2D eigenvalue weighted by molar-refractivity contribution is 5.92. The molecule has 2 rings (SSSR count). The summed E-state index contributed by atoms with van der Waals surface area (Å²) in [5.74, 6) is 1.23. The molecule has 0 saturated heterocycles. The van der Waals surface area contributed by atoms with Crippen LogP contribution < -0.4 is 5.32 Å². The summed E-state index contributed by atoms with van der Waals surface area (Å²) in [7, 11) is 0. The molecule has 0 atom stereocenters. The molecule has 18 heavy (non-hydrogen) atoms. The van der Waals surface area contributed by atoms with E-state index in [1.54, 1.807) is 0 Å². The smallest absolute Gasteiger partial charge is 0.228 e. The van der Waals surface area contributed by atoms with Crippen molar-refractivity contribution in [3.8, 4) is 0 Å². The van der Waals surface area contributed by atoms with Crippen molar-refractivity contribution >= 4 is 11.7 Å². The minimum absolute atomic E-state index is 0.176. The van der Waals surface area contributed by atoms with Crippen molar-refractivity contribution in [3.05, 3.63) is 11.8 Å². The SMILES string of the molecule is CCn1ncc(C)c1NC(=O)C1CCCCCC1. The first-order valence-electron chi connectivity index (χ1n) is 7.05. The Balaban J connectivity index is 2.03. The number of nitrogens with zero attached hydrogens (tertiary/aromatic N) is 2. The fraction of sp³-hybridized carbons (Fsp3) is 0.714. The van der Waals surface area contributed by atoms with E-state index in [-0.39, 0.29) is 11.8 Å². The molecule has 1 N–H and O–H groups in total. The minimum atomic E-state index is 0.176. The van der Waals surface area contributed by atoms with E-state index in [2.05, 4.69) is 10.4 Å². The highest BCUT2D eigenvalue weighted by atomic mass is 16.2. The number of hydrogen-bond acceptors (Lipinski definition) is 2. The predicted molar refractivity (Wildman–Crippen MR) is 72.5 cm³/mol. The Kier molecular flexibility index (Phi) is 4.39. The average molecular weight is 249 g/mol. The maximum absolute atomic E-state index is 12.3. The van der Waals surface area contributed by atoms with E-state index in [9.17, 15) is 4.79 Å². The fourth-order valence-electron chi connectivity index (χ4n) is 2.64. The number of aryl methyl sites for hydroxylation is 2. The van der Waals surface area contributed by atoms with Crippen LogP contribution in [-0.2, 0) is 11.3 Å². The summed E-state index contributed by atoms with van der Waals surface area (Å²) in [6, 6.07) is 0. The Bertz CT molecular complexity index is 403. The molecule has 1 aromatic heterocycles. The lowest BCUT2D eigenvalue weighted by atomic mass is 9.99. The second-order valence-electron chi connectivity index (χ2n) is 5.17. The summed E-state index contributed by atoms with van der Waals surface area (Å²) < 4.78 is 1.85. The number of aromatic nitrogens is 2. The zero-order valence-electron chi connectivity index (χ0n) is 11.4. The standard InChI is InChI=1S/C14H23N3O/c1-3-17-13(11(2)10-15-17)16-14(18)12-8-6-4-5-7-9-12/h10,12H,3-9H2,1-2H3,(H,16,18). The van der Waals surface area contributed by atoms with Gasteiger partial charge in [-0.3, -0.25) is 4.79 Å². The van der Waals surface area contributed by atoms with Crippen LogP contribution in [0.5, 0.6) is 0 Å². The molecular weight excluding hydrogens is 226 g/mol. The van der Waals surface area contributed by atoms with Crippen molar-refractivity contribution in [1.82, 2.24) is 9.78 Å². The monoisotopic (exact) mass is 249 g/mol. The molecule has 0 spiro atoms. The summed E-state index contributed by atoms with van der Waals surface area (Å²) in [6.45, 7) is 4.81. The molecule has 0 aromatic carbocycles. The van der Waals surface area contributed by atoms with Gasteiger partial charge in [-0.15, -0.1) is 0 Å². The Labute approximate surface area is 109 Å². The van der Waals surface area contributed by atoms with Gasteiger partial charge in [-0.25, -0.2) is 4.68 Å². The van der Waals surface area contributed by atoms with Crippen molar-refractivity contribution < 1.29 is 4.79 Å². The highest BCUT2D eigenvalue weighted by Gasteiger charge is 2.21. The molecule has 1 aromatic rings. The van der Waals surface area contributed by atoms with Crippen LogP contribution in [0.1, 0.15) is 51.0 Å². The number of rotatable bonds is 3. The molecule has 1 aliphatic rings. The van der Waals surface area contributed by atoms with Gasteiger partial charge in [-0.05, 0) is 26.7 Å². The van der Waals surface area contributed by atoms with E-state index in [0.29, 0.717) is 0 Å². The van der Waals surface area contributed by atoms with E-state index in [4.69, 9.17) is 0 Å². The molecule has 1 amide bonds. The van der Waals surface area contributed by atoms with Crippen LogP contribution in [0.15, 0.2) is 6.20 Å². The lowest BCUT2D eigenvalue weighted by Gasteiger charge is -2.15. The normalized spacial score (nSPS) is 17.4. The van der Waals surface area contributed by atoms with E-state index in [1.165, 1.54) is 25.7 Å². The second kappa shape index (κ2) is 6.03. The van der Waals surface area contributed by atoms with Gasteiger partial charge in [0.15, 0.2) is 0 Å². The number of amides is 1. The molecule has 1 saturated carbocycles. The third-order valence-corrected chi connectivity index (χ3v) is 3.79. The van der Waals surface area contributed by atoms with Crippen LogP contribution in [0.4, 0.5) is 5.82 Å². The van der Waals surface area contributed by atoms with E-state index in [1.807, 2.05) is 24.7 Å². The molecule has 1 aliphatic carbocycles. The number of hydrogen-bond donors (Lipinski definition) is 1. The Morgan fingerprint density at radius 2 is 2.06 bits per heavy atom. The molecule has 1 heterocycles. The van der Waals surface area contributed by atoms with Gasteiger partial charge in [0.25, 0.3) is 0 Å². The zero-order valence-corrected chi connectivity index (χ0v) is 11.4. The molecule has 1 fully saturated rings. The van der Waals surface area contributed by atoms with Gasteiger partial charge in [0.2, 0.25) is 5.91 Å². The van der Waals surface area contributed by atoms with Crippen LogP contribution in [0.3, 0.4) is 0 Å². The van der Waals surface area contributed by atoms with Gasteiger partial charge in [0.05, 0.1) is 6.20 Å². The van der Waals surface area contributed by atoms with Crippen molar-refractivity contribution in [2.45, 2.75) is 58.9 Å². The first-order chi connectivity index (χ1) is 8.72. The van der Waals surface area contributed by atoms with Gasteiger partial charge >= 0.3 is 0 Å². The first-order valence-corrected chi connectivity index (χ1v) is 7.05. The summed E-state index contributed by atoms with van der Waals surface area (Å²) in [5.41, 5.74) is 1.04. The predicted octanol–water partition coefficient (Wildman–Crippen LogP) is 3.12. The van der Waals surface area contributed by atoms with Crippen molar-refractivity contribution in [2.75, 3.05) is 5.32 Å². The summed E-state index contributed by atoms with van der Waals surface area (Å²) in [5, 5.41) is 7.32. The Morgan fingerprint density at radius 1 is 1.39 bits per heavy atom. The van der Waals surface area contributed by atoms with Gasteiger partial charge < -0.3 is 5.32 Å². The lowest BCUT2D eigenvalue weighted by Crippen LogP contribution is -2.24. The van der Waals surface area contributed by atoms with Gasteiger partial charge in [-0.2, -0.15) is 5.10 Å². The van der Waals surface area contributed by atoms with Crippen molar-refractivity contribution in [1.29, 1.82) is 0 Å². The molecule has 0 unspecified atom stereocenters. The third kappa shape index (κ3) is 2.92. The largest absolute Gasteiger partial charge is 0.310 e. The third-order valence-electron chi connectivity index (χ3n) is 3.79. The topological polar surface area (TPSA) is 46.9 Å². The van der Waals surface area contributed by atoms with Crippen LogP contribution >= 0.6 is 0 Å². The maximum atomic E-state index is 12.3. The Hall–Kier alpha value is -1.32. The van der Waals surface area contributed by atoms with Gasteiger partial charge in [0.1, 0.15) is 5.82 Å². The van der Waals surface area contributed by atoms with Gasteiger partial charge in [-0.1, -0.05) is 25.7 Å². The maximum Gasteiger partial charge on any atom is 0.228 e. The molecule has 4 heteroatoms. The first kappa shape index (κ1) is 13.1. The van der Waals surface area contributed by atoms with E-state index in [0.717, 1.165) is 30.8 Å². The van der Waals surface area contributed by atoms with Crippen molar-refractivity contribution in [3.63, 3.8) is 0 Å². The molecule has 4 nitrogen and oxygen atoms in total. The van der Waals surface area contributed by atoms with Gasteiger partial charge in [0, 0.05) is 18.0 Å². The Morgan fingerprint density at radius 3 is 2.67 bits per heavy atom. The molecule has 0 aliphatic heterocycles. The molecule has 100 valence electrons. The zero-order chi connectivity index (χ0) is 13.0. The van der Waals surface area contributed by atoms with E-state index < -0.39 is 0 Å². The quantitative estimate of drug-likeness (QED) is 0.837. The van der Waals surface area contributed by atoms with Crippen LogP contribution in [0, 0.1) is 12.8 Å². The number of carbonyl (C=O) groups is 1. The summed E-state index contributed by atoms with van der Waals surface area (Å²) in [4.78, 5) is 12.3.